The molecule has 0 heterocycles. The van der Waals surface area contributed by atoms with Crippen molar-refractivity contribution in [2.24, 2.45) is 5.92 Å². The molecule has 0 aromatic heterocycles. The van der Waals surface area contributed by atoms with Crippen molar-refractivity contribution >= 4 is 23.2 Å². The lowest BCUT2D eigenvalue weighted by molar-refractivity contribution is -0.112. The molecule has 0 unspecified atom stereocenters. The van der Waals surface area contributed by atoms with Crippen molar-refractivity contribution in [3.05, 3.63) is 40.6 Å². The summed E-state index contributed by atoms with van der Waals surface area (Å²) in [4.78, 5) is 11.8. The molecule has 1 aromatic rings. The molecule has 1 saturated carbocycles. The molecule has 5 heteroatoms. The van der Waals surface area contributed by atoms with Gasteiger partial charge in [-0.2, -0.15) is 5.26 Å². The number of aliphatic hydroxyl groups is 1. The number of hydrogen-bond donors (Lipinski definition) is 2. The Morgan fingerprint density at radius 1 is 1.50 bits per heavy atom. The zero-order valence-electron chi connectivity index (χ0n) is 9.48. The number of carbonyl (C=O) groups excluding carboxylic acids is 1. The lowest BCUT2D eigenvalue weighted by Gasteiger charge is -2.06. The van der Waals surface area contributed by atoms with Gasteiger partial charge in [0.05, 0.1) is 0 Å². The van der Waals surface area contributed by atoms with E-state index in [0.717, 1.165) is 12.8 Å². The summed E-state index contributed by atoms with van der Waals surface area (Å²) in [6.07, 6.45) is 1.64. The van der Waals surface area contributed by atoms with E-state index in [4.69, 9.17) is 16.9 Å². The molecule has 1 fully saturated rings. The number of carbonyl (C=O) groups is 1. The molecule has 1 aromatic carbocycles. The number of amides is 1. The minimum Gasteiger partial charge on any atom is -0.510 e. The number of nitriles is 1. The quantitative estimate of drug-likeness (QED) is 0.500. The first-order valence-corrected chi connectivity index (χ1v) is 5.89. The van der Waals surface area contributed by atoms with E-state index in [-0.39, 0.29) is 17.3 Å². The minimum absolute atomic E-state index is 0.0373. The van der Waals surface area contributed by atoms with Crippen LogP contribution in [0.4, 0.5) is 5.69 Å². The third kappa shape index (κ3) is 2.82. The highest BCUT2D eigenvalue weighted by molar-refractivity contribution is 6.31. The number of nitrogens with one attached hydrogen (secondary N) is 1. The highest BCUT2D eigenvalue weighted by Gasteiger charge is 2.30. The van der Waals surface area contributed by atoms with E-state index in [2.05, 4.69) is 5.32 Å². The number of nitrogens with zero attached hydrogens (tertiary/aromatic N) is 1. The van der Waals surface area contributed by atoms with Crippen LogP contribution in [0.2, 0.25) is 5.02 Å². The second kappa shape index (κ2) is 5.11. The van der Waals surface area contributed by atoms with Crippen LogP contribution < -0.4 is 5.32 Å². The molecular weight excluding hydrogens is 252 g/mol. The van der Waals surface area contributed by atoms with Crippen molar-refractivity contribution in [3.63, 3.8) is 0 Å². The Morgan fingerprint density at radius 3 is 2.78 bits per heavy atom. The number of aliphatic hydroxyl groups excluding tert-OH is 1. The molecule has 92 valence electrons. The summed E-state index contributed by atoms with van der Waals surface area (Å²) in [7, 11) is 0. The Bertz CT molecular complexity index is 556. The first-order chi connectivity index (χ1) is 8.61. The van der Waals surface area contributed by atoms with Crippen molar-refractivity contribution in [3.8, 4) is 6.07 Å². The number of halogens is 1. The van der Waals surface area contributed by atoms with Crippen LogP contribution in [0.15, 0.2) is 35.6 Å². The summed E-state index contributed by atoms with van der Waals surface area (Å²) in [6.45, 7) is 0. The molecule has 0 saturated heterocycles. The fourth-order valence-electron chi connectivity index (χ4n) is 1.55. The van der Waals surface area contributed by atoms with Gasteiger partial charge in [0.1, 0.15) is 11.8 Å². The number of anilines is 1. The first kappa shape index (κ1) is 12.5. The van der Waals surface area contributed by atoms with Gasteiger partial charge in [0.15, 0.2) is 5.57 Å². The third-order valence-corrected chi connectivity index (χ3v) is 2.88. The van der Waals surface area contributed by atoms with E-state index in [1.165, 1.54) is 0 Å². The standard InChI is InChI=1S/C13H11ClN2O2/c14-9-2-1-3-10(6-9)16-13(18)11(7-15)12(17)8-4-5-8/h1-3,6,8,17H,4-5H2,(H,16,18)/b12-11-. The van der Waals surface area contributed by atoms with Gasteiger partial charge in [-0.3, -0.25) is 4.79 Å². The molecule has 1 aliphatic carbocycles. The summed E-state index contributed by atoms with van der Waals surface area (Å²) in [5.74, 6) is -0.758. The lowest BCUT2D eigenvalue weighted by atomic mass is 10.1. The molecule has 2 rings (SSSR count). The van der Waals surface area contributed by atoms with Crippen molar-refractivity contribution < 1.29 is 9.90 Å². The van der Waals surface area contributed by atoms with E-state index >= 15 is 0 Å². The van der Waals surface area contributed by atoms with E-state index in [1.54, 1.807) is 30.3 Å². The molecule has 0 spiro atoms. The maximum Gasteiger partial charge on any atom is 0.269 e. The number of allylic oxidation sites excluding steroid dienone is 1. The van der Waals surface area contributed by atoms with Gasteiger partial charge < -0.3 is 10.4 Å². The molecule has 0 atom stereocenters. The van der Waals surface area contributed by atoms with Crippen molar-refractivity contribution in [2.45, 2.75) is 12.8 Å². The summed E-state index contributed by atoms with van der Waals surface area (Å²) in [5, 5.41) is 21.7. The van der Waals surface area contributed by atoms with Gasteiger partial charge in [-0.15, -0.1) is 0 Å². The molecule has 18 heavy (non-hydrogen) atoms. The first-order valence-electron chi connectivity index (χ1n) is 5.52. The third-order valence-electron chi connectivity index (χ3n) is 2.64. The smallest absolute Gasteiger partial charge is 0.269 e. The largest absolute Gasteiger partial charge is 0.510 e. The topological polar surface area (TPSA) is 73.1 Å². The van der Waals surface area contributed by atoms with Crippen LogP contribution in [0.25, 0.3) is 0 Å². The summed E-state index contributed by atoms with van der Waals surface area (Å²) >= 11 is 5.79. The lowest BCUT2D eigenvalue weighted by Crippen LogP contribution is -2.15. The second-order valence-corrected chi connectivity index (χ2v) is 4.55. The molecule has 1 amide bonds. The summed E-state index contributed by atoms with van der Waals surface area (Å²) in [6, 6.07) is 8.34. The SMILES string of the molecule is N#C/C(C(=O)Nc1cccc(Cl)c1)=C(/O)C1CC1. The monoisotopic (exact) mass is 262 g/mol. The predicted octanol–water partition coefficient (Wildman–Crippen LogP) is 3.02. The highest BCUT2D eigenvalue weighted by Crippen LogP contribution is 2.36. The Morgan fingerprint density at radius 2 is 2.22 bits per heavy atom. The average molecular weight is 263 g/mol. The Labute approximate surface area is 109 Å². The van der Waals surface area contributed by atoms with Crippen LogP contribution in [-0.4, -0.2) is 11.0 Å². The average Bonchev–Trinajstić information content (AvgIpc) is 3.13. The predicted molar refractivity (Wildman–Crippen MR) is 68.1 cm³/mol. The van der Waals surface area contributed by atoms with Gasteiger partial charge in [-0.1, -0.05) is 17.7 Å². The van der Waals surface area contributed by atoms with Crippen LogP contribution in [0.1, 0.15) is 12.8 Å². The van der Waals surface area contributed by atoms with Gasteiger partial charge in [0.2, 0.25) is 0 Å². The molecule has 0 bridgehead atoms. The molecular formula is C13H11ClN2O2. The van der Waals surface area contributed by atoms with E-state index in [1.807, 2.05) is 0 Å². The van der Waals surface area contributed by atoms with Crippen molar-refractivity contribution in [1.29, 1.82) is 5.26 Å². The second-order valence-electron chi connectivity index (χ2n) is 4.11. The summed E-state index contributed by atoms with van der Waals surface area (Å²) < 4.78 is 0. The Kier molecular flexibility index (Phi) is 3.54. The van der Waals surface area contributed by atoms with Gasteiger partial charge in [-0.25, -0.2) is 0 Å². The van der Waals surface area contributed by atoms with Crippen LogP contribution >= 0.6 is 11.6 Å². The van der Waals surface area contributed by atoms with E-state index < -0.39 is 5.91 Å². The Balaban J connectivity index is 2.16. The van der Waals surface area contributed by atoms with Gasteiger partial charge in [-0.05, 0) is 31.0 Å². The zero-order valence-corrected chi connectivity index (χ0v) is 10.2. The Hall–Kier alpha value is -1.99. The van der Waals surface area contributed by atoms with Crippen LogP contribution in [0.3, 0.4) is 0 Å². The van der Waals surface area contributed by atoms with Gasteiger partial charge in [0.25, 0.3) is 5.91 Å². The van der Waals surface area contributed by atoms with Crippen LogP contribution in [-0.2, 0) is 4.79 Å². The van der Waals surface area contributed by atoms with Gasteiger partial charge in [0, 0.05) is 16.6 Å². The van der Waals surface area contributed by atoms with E-state index in [9.17, 15) is 9.90 Å². The zero-order chi connectivity index (χ0) is 13.1. The maximum absolute atomic E-state index is 11.8. The van der Waals surface area contributed by atoms with Gasteiger partial charge >= 0.3 is 0 Å². The minimum atomic E-state index is -0.607. The molecule has 1 aliphatic rings. The van der Waals surface area contributed by atoms with Crippen molar-refractivity contribution in [1.82, 2.24) is 0 Å². The fraction of sp³-hybridized carbons (Fsp3) is 0.231. The maximum atomic E-state index is 11.8. The normalized spacial score (nSPS) is 15.6. The fourth-order valence-corrected chi connectivity index (χ4v) is 1.74. The highest BCUT2D eigenvalue weighted by atomic mass is 35.5. The van der Waals surface area contributed by atoms with Crippen molar-refractivity contribution in [2.75, 3.05) is 5.32 Å². The van der Waals surface area contributed by atoms with E-state index in [0.29, 0.717) is 10.7 Å². The summed E-state index contributed by atoms with van der Waals surface area (Å²) in [5.41, 5.74) is 0.265. The number of hydrogen-bond acceptors (Lipinski definition) is 3. The van der Waals surface area contributed by atoms with Crippen LogP contribution in [0.5, 0.6) is 0 Å². The molecule has 0 radical (unpaired) electrons. The van der Waals surface area contributed by atoms with Crippen LogP contribution in [0, 0.1) is 17.2 Å². The molecule has 0 aliphatic heterocycles. The molecule has 4 nitrogen and oxygen atoms in total. The molecule has 2 N–H and O–H groups in total. The number of benzene rings is 1. The number of rotatable bonds is 3.